The molecule has 0 aliphatic carbocycles. The van der Waals surface area contributed by atoms with Gasteiger partial charge in [-0.1, -0.05) is 129 Å². The van der Waals surface area contributed by atoms with E-state index in [1.807, 2.05) is 110 Å². The quantitative estimate of drug-likeness (QED) is 0.140. The third-order valence-electron chi connectivity index (χ3n) is 5.57. The van der Waals surface area contributed by atoms with Crippen LogP contribution in [0.25, 0.3) is 0 Å². The number of unbranched alkanes of at least 4 members (excludes halogenated alkanes) is 2. The third kappa shape index (κ3) is 29.0. The van der Waals surface area contributed by atoms with E-state index in [9.17, 15) is 0 Å². The lowest BCUT2D eigenvalue weighted by atomic mass is 10.3. The van der Waals surface area contributed by atoms with Crippen LogP contribution in [0.4, 0.5) is 0 Å². The van der Waals surface area contributed by atoms with Crippen molar-refractivity contribution in [1.29, 1.82) is 0 Å². The molecule has 2 N–H and O–H groups in total. The standard InChI is InChI=1S/C11H16O2.C9H12O.C7H7ClO.C6H5Br.C4H10O.C3H8O/c1-3-4-9-13-11-8-6-5-7-10(11)12-2;1-2-8-10-9-6-4-3-5-7-9;1-9-7-5-3-2-4-6(7)8;7-6-4-2-1-3-5-6;1-2-3-4-5;1-2-3-4/h5-8H,3-4,9H2,1-2H3;3-7H,2,8H2,1H3;2-5H,1H3;1-5H;5H,2-4H2,1H3;4H,2-3H2,1H3. The van der Waals surface area contributed by atoms with Gasteiger partial charge in [0.05, 0.1) is 32.5 Å². The molecule has 0 unspecified atom stereocenters. The zero-order valence-electron chi connectivity index (χ0n) is 29.7. The van der Waals surface area contributed by atoms with Crippen molar-refractivity contribution in [2.75, 3.05) is 40.6 Å². The molecule has 4 aromatic rings. The minimum atomic E-state index is 0.319. The van der Waals surface area contributed by atoms with Gasteiger partial charge in [-0.05, 0) is 74.2 Å². The Hall–Kier alpha value is -3.23. The van der Waals surface area contributed by atoms with Gasteiger partial charge in [0.15, 0.2) is 11.5 Å². The number of halogens is 2. The number of benzene rings is 4. The van der Waals surface area contributed by atoms with Crippen LogP contribution in [0.3, 0.4) is 0 Å². The maximum atomic E-state index is 8.07. The maximum absolute atomic E-state index is 8.07. The van der Waals surface area contributed by atoms with Crippen molar-refractivity contribution in [2.24, 2.45) is 0 Å². The molecule has 0 amide bonds. The first-order valence-corrected chi connectivity index (χ1v) is 17.7. The first kappa shape index (κ1) is 46.9. The molecular weight excluding hydrogens is 692 g/mol. The molecule has 6 nitrogen and oxygen atoms in total. The normalized spacial score (nSPS) is 9.04. The number of para-hydroxylation sites is 4. The van der Waals surface area contributed by atoms with E-state index in [1.165, 1.54) is 0 Å². The van der Waals surface area contributed by atoms with Gasteiger partial charge in [-0.3, -0.25) is 0 Å². The first-order chi connectivity index (χ1) is 23.4. The summed E-state index contributed by atoms with van der Waals surface area (Å²) in [4.78, 5) is 0. The van der Waals surface area contributed by atoms with Gasteiger partial charge in [0.2, 0.25) is 0 Å². The summed E-state index contributed by atoms with van der Waals surface area (Å²) in [7, 11) is 3.25. The molecule has 0 fully saturated rings. The number of rotatable bonds is 12. The third-order valence-corrected chi connectivity index (χ3v) is 6.41. The molecule has 268 valence electrons. The number of aliphatic hydroxyl groups excluding tert-OH is 2. The van der Waals surface area contributed by atoms with E-state index in [-0.39, 0.29) is 0 Å². The van der Waals surface area contributed by atoms with E-state index < -0.39 is 0 Å². The molecule has 0 bridgehead atoms. The molecule has 4 rings (SSSR count). The average molecular weight is 750 g/mol. The minimum absolute atomic E-state index is 0.319. The Morgan fingerprint density at radius 2 is 1.00 bits per heavy atom. The van der Waals surface area contributed by atoms with Gasteiger partial charge in [0.25, 0.3) is 0 Å². The van der Waals surface area contributed by atoms with Crippen LogP contribution in [0.1, 0.15) is 66.2 Å². The molecular formula is C40H58BrClO6. The number of ether oxygens (including phenoxy) is 4. The highest BCUT2D eigenvalue weighted by Gasteiger charge is 2.00. The molecule has 4 aromatic carbocycles. The van der Waals surface area contributed by atoms with Crippen molar-refractivity contribution in [3.8, 4) is 23.0 Å². The Bertz CT molecular complexity index is 1190. The van der Waals surface area contributed by atoms with Crippen molar-refractivity contribution in [3.05, 3.63) is 119 Å². The highest BCUT2D eigenvalue weighted by molar-refractivity contribution is 9.10. The van der Waals surface area contributed by atoms with Crippen LogP contribution in [-0.4, -0.2) is 50.9 Å². The second kappa shape index (κ2) is 36.6. The van der Waals surface area contributed by atoms with Crippen LogP contribution in [0.2, 0.25) is 5.02 Å². The topological polar surface area (TPSA) is 77.4 Å². The predicted molar refractivity (Wildman–Crippen MR) is 207 cm³/mol. The van der Waals surface area contributed by atoms with Crippen LogP contribution < -0.4 is 18.9 Å². The lowest BCUT2D eigenvalue weighted by Gasteiger charge is -2.09. The van der Waals surface area contributed by atoms with Crippen molar-refractivity contribution in [2.45, 2.75) is 66.2 Å². The van der Waals surface area contributed by atoms with Crippen molar-refractivity contribution < 1.29 is 29.2 Å². The van der Waals surface area contributed by atoms with Crippen molar-refractivity contribution in [3.63, 3.8) is 0 Å². The van der Waals surface area contributed by atoms with Gasteiger partial charge < -0.3 is 29.2 Å². The zero-order valence-corrected chi connectivity index (χ0v) is 32.1. The number of methoxy groups -OCH3 is 2. The second-order valence-corrected chi connectivity index (χ2v) is 11.1. The van der Waals surface area contributed by atoms with E-state index >= 15 is 0 Å². The van der Waals surface area contributed by atoms with Crippen LogP contribution >= 0.6 is 27.5 Å². The first-order valence-electron chi connectivity index (χ1n) is 16.5. The summed E-state index contributed by atoms with van der Waals surface area (Å²) in [5.74, 6) is 3.32. The Morgan fingerprint density at radius 3 is 1.38 bits per heavy atom. The van der Waals surface area contributed by atoms with Crippen LogP contribution in [-0.2, 0) is 0 Å². The number of hydrogen-bond donors (Lipinski definition) is 2. The Labute approximate surface area is 304 Å². The van der Waals surface area contributed by atoms with E-state index in [1.54, 1.807) is 20.3 Å². The Balaban J connectivity index is 0. The van der Waals surface area contributed by atoms with Gasteiger partial charge in [-0.25, -0.2) is 0 Å². The fourth-order valence-electron chi connectivity index (χ4n) is 2.98. The molecule has 0 spiro atoms. The molecule has 0 aliphatic rings. The van der Waals surface area contributed by atoms with E-state index in [4.69, 9.17) is 40.8 Å². The molecule has 0 heterocycles. The fourth-order valence-corrected chi connectivity index (χ4v) is 3.50. The summed E-state index contributed by atoms with van der Waals surface area (Å²) in [6.07, 6.45) is 6.21. The van der Waals surface area contributed by atoms with Gasteiger partial charge in [0, 0.05) is 17.7 Å². The van der Waals surface area contributed by atoms with Gasteiger partial charge in [0.1, 0.15) is 11.5 Å². The predicted octanol–water partition coefficient (Wildman–Crippen LogP) is 11.3. The molecule has 0 aliphatic heterocycles. The van der Waals surface area contributed by atoms with E-state index in [0.29, 0.717) is 18.2 Å². The molecule has 48 heavy (non-hydrogen) atoms. The minimum Gasteiger partial charge on any atom is -0.495 e. The summed E-state index contributed by atoms with van der Waals surface area (Å²) in [6, 6.07) is 34.9. The van der Waals surface area contributed by atoms with Crippen molar-refractivity contribution in [1.82, 2.24) is 0 Å². The largest absolute Gasteiger partial charge is 0.495 e. The summed E-state index contributed by atoms with van der Waals surface area (Å²) in [6.45, 7) is 10.5. The van der Waals surface area contributed by atoms with Crippen molar-refractivity contribution >= 4 is 27.5 Å². The molecule has 0 atom stereocenters. The summed E-state index contributed by atoms with van der Waals surface area (Å²) in [5.41, 5.74) is 0. The zero-order chi connectivity index (χ0) is 36.1. The van der Waals surface area contributed by atoms with E-state index in [2.05, 4.69) is 36.7 Å². The lowest BCUT2D eigenvalue weighted by molar-refractivity contribution is 0.287. The number of aliphatic hydroxyl groups is 2. The molecule has 0 radical (unpaired) electrons. The fraction of sp³-hybridized carbons (Fsp3) is 0.400. The van der Waals surface area contributed by atoms with Crippen LogP contribution in [0, 0.1) is 0 Å². The summed E-state index contributed by atoms with van der Waals surface area (Å²) >= 11 is 9.01. The van der Waals surface area contributed by atoms with E-state index in [0.717, 1.165) is 79.2 Å². The summed E-state index contributed by atoms with van der Waals surface area (Å²) < 4.78 is 22.1. The van der Waals surface area contributed by atoms with Gasteiger partial charge in [-0.15, -0.1) is 0 Å². The summed E-state index contributed by atoms with van der Waals surface area (Å²) in [5, 5.41) is 16.6. The number of hydrogen-bond acceptors (Lipinski definition) is 6. The SMILES string of the molecule is Brc1ccccc1.CCCCO.CCCCOc1ccccc1OC.CCCO.CCCOc1ccccc1.COc1ccccc1Cl. The van der Waals surface area contributed by atoms with Crippen LogP contribution in [0.15, 0.2) is 114 Å². The van der Waals surface area contributed by atoms with Crippen LogP contribution in [0.5, 0.6) is 23.0 Å². The molecule has 0 saturated heterocycles. The second-order valence-electron chi connectivity index (χ2n) is 9.75. The molecule has 8 heteroatoms. The highest BCUT2D eigenvalue weighted by atomic mass is 79.9. The molecule has 0 saturated carbocycles. The van der Waals surface area contributed by atoms with Gasteiger partial charge >= 0.3 is 0 Å². The smallest absolute Gasteiger partial charge is 0.161 e. The average Bonchev–Trinajstić information content (AvgIpc) is 3.13. The van der Waals surface area contributed by atoms with Gasteiger partial charge in [-0.2, -0.15) is 0 Å². The Morgan fingerprint density at radius 1 is 0.521 bits per heavy atom. The molecule has 0 aromatic heterocycles. The monoisotopic (exact) mass is 748 g/mol. The highest BCUT2D eigenvalue weighted by Crippen LogP contribution is 2.25. The maximum Gasteiger partial charge on any atom is 0.161 e. The Kier molecular flexibility index (Phi) is 35.8. The lowest BCUT2D eigenvalue weighted by Crippen LogP contribution is -1.98.